The number of nitrogen functional groups attached to an aromatic ring is 1. The number of anilines is 1. The summed E-state index contributed by atoms with van der Waals surface area (Å²) in [6, 6.07) is 1.88. The van der Waals surface area contributed by atoms with Crippen molar-refractivity contribution in [1.82, 2.24) is 0 Å². The zero-order valence-corrected chi connectivity index (χ0v) is 7.31. The fourth-order valence-electron chi connectivity index (χ4n) is 0.732. The van der Waals surface area contributed by atoms with Crippen LogP contribution in [0.3, 0.4) is 0 Å². The molecule has 1 heterocycles. The van der Waals surface area contributed by atoms with E-state index in [-0.39, 0.29) is 0 Å². The van der Waals surface area contributed by atoms with Crippen LogP contribution in [0.15, 0.2) is 16.6 Å². The first-order valence-corrected chi connectivity index (χ1v) is 4.04. The summed E-state index contributed by atoms with van der Waals surface area (Å²) < 4.78 is 0. The Bertz CT molecular complexity index is 267. The minimum Gasteiger partial charge on any atom is -0.399 e. The van der Waals surface area contributed by atoms with Gasteiger partial charge in [0.2, 0.25) is 0 Å². The van der Waals surface area contributed by atoms with Gasteiger partial charge >= 0.3 is 0 Å². The van der Waals surface area contributed by atoms with Gasteiger partial charge in [0.25, 0.3) is 0 Å². The number of oxime groups is 1. The lowest BCUT2D eigenvalue weighted by molar-refractivity contribution is 0.213. The number of hydrogen-bond acceptors (Lipinski definition) is 4. The van der Waals surface area contributed by atoms with E-state index in [1.807, 2.05) is 18.4 Å². The van der Waals surface area contributed by atoms with E-state index in [1.165, 1.54) is 18.4 Å². The molecule has 1 aromatic rings. The largest absolute Gasteiger partial charge is 0.399 e. The molecule has 0 radical (unpaired) electrons. The highest BCUT2D eigenvalue weighted by molar-refractivity contribution is 7.14. The molecular formula is C7H10N2OS. The maximum atomic E-state index is 5.54. The molecule has 0 aliphatic rings. The van der Waals surface area contributed by atoms with Gasteiger partial charge in [-0.25, -0.2) is 0 Å². The van der Waals surface area contributed by atoms with Gasteiger partial charge in [0.1, 0.15) is 7.11 Å². The second-order valence-electron chi connectivity index (χ2n) is 2.10. The van der Waals surface area contributed by atoms with Crippen molar-refractivity contribution in [1.29, 1.82) is 0 Å². The predicted octanol–water partition coefficient (Wildman–Crippen LogP) is 1.70. The lowest BCUT2D eigenvalue weighted by atomic mass is 10.2. The number of nitrogens with two attached hydrogens (primary N) is 1. The van der Waals surface area contributed by atoms with Crippen LogP contribution in [0, 0.1) is 0 Å². The lowest BCUT2D eigenvalue weighted by Crippen LogP contribution is -1.92. The van der Waals surface area contributed by atoms with Crippen molar-refractivity contribution in [3.8, 4) is 0 Å². The molecule has 0 saturated carbocycles. The third-order valence-electron chi connectivity index (χ3n) is 1.27. The third-order valence-corrected chi connectivity index (χ3v) is 2.03. The molecule has 1 aromatic heterocycles. The standard InChI is InChI=1S/C7H10N2OS/c1-5(9-10-2)6-3-7(8)11-4-6/h3-4H,8H2,1-2H3/b9-5+. The van der Waals surface area contributed by atoms with Gasteiger partial charge in [-0.2, -0.15) is 0 Å². The fourth-order valence-corrected chi connectivity index (χ4v) is 1.43. The Balaban J connectivity index is 2.84. The summed E-state index contributed by atoms with van der Waals surface area (Å²) in [5.41, 5.74) is 7.41. The molecule has 1 rings (SSSR count). The van der Waals surface area contributed by atoms with Crippen LogP contribution in [0.25, 0.3) is 0 Å². The van der Waals surface area contributed by atoms with Crippen molar-refractivity contribution >= 4 is 22.0 Å². The molecule has 4 heteroatoms. The summed E-state index contributed by atoms with van der Waals surface area (Å²) in [7, 11) is 1.53. The van der Waals surface area contributed by atoms with E-state index in [0.29, 0.717) is 0 Å². The predicted molar refractivity (Wildman–Crippen MR) is 48.0 cm³/mol. The SMILES string of the molecule is CO/N=C(\C)c1csc(N)c1. The monoisotopic (exact) mass is 170 g/mol. The smallest absolute Gasteiger partial charge is 0.106 e. The lowest BCUT2D eigenvalue weighted by Gasteiger charge is -1.92. The Kier molecular flexibility index (Phi) is 2.48. The number of hydrogen-bond donors (Lipinski definition) is 1. The summed E-state index contributed by atoms with van der Waals surface area (Å²) >= 11 is 1.50. The molecule has 60 valence electrons. The minimum atomic E-state index is 0.797. The highest BCUT2D eigenvalue weighted by Gasteiger charge is 1.99. The van der Waals surface area contributed by atoms with Gasteiger partial charge in [-0.05, 0) is 13.0 Å². The molecule has 0 aliphatic carbocycles. The van der Waals surface area contributed by atoms with E-state index in [9.17, 15) is 0 Å². The zero-order valence-electron chi connectivity index (χ0n) is 6.50. The van der Waals surface area contributed by atoms with Crippen LogP contribution in [0.1, 0.15) is 12.5 Å². The van der Waals surface area contributed by atoms with Crippen LogP contribution in [-0.4, -0.2) is 12.8 Å². The number of rotatable bonds is 2. The third kappa shape index (κ3) is 1.94. The summed E-state index contributed by atoms with van der Waals surface area (Å²) in [5, 5.41) is 6.52. The second kappa shape index (κ2) is 3.39. The normalized spacial score (nSPS) is 11.6. The van der Waals surface area contributed by atoms with Gasteiger partial charge in [0, 0.05) is 10.9 Å². The quantitative estimate of drug-likeness (QED) is 0.542. The molecule has 0 fully saturated rings. The molecule has 0 aliphatic heterocycles. The molecule has 11 heavy (non-hydrogen) atoms. The van der Waals surface area contributed by atoms with Crippen molar-refractivity contribution in [3.63, 3.8) is 0 Å². The molecule has 0 unspecified atom stereocenters. The van der Waals surface area contributed by atoms with Crippen LogP contribution in [-0.2, 0) is 4.84 Å². The van der Waals surface area contributed by atoms with Crippen LogP contribution in [0.5, 0.6) is 0 Å². The summed E-state index contributed by atoms with van der Waals surface area (Å²) in [6.45, 7) is 1.88. The van der Waals surface area contributed by atoms with Gasteiger partial charge in [-0.1, -0.05) is 5.16 Å². The van der Waals surface area contributed by atoms with Gasteiger partial charge in [-0.15, -0.1) is 11.3 Å². The van der Waals surface area contributed by atoms with Crippen LogP contribution in [0.4, 0.5) is 5.00 Å². The molecule has 3 nitrogen and oxygen atoms in total. The maximum Gasteiger partial charge on any atom is 0.106 e. The Labute approximate surface area is 69.5 Å². The summed E-state index contributed by atoms with van der Waals surface area (Å²) in [4.78, 5) is 4.62. The molecule has 0 aromatic carbocycles. The fraction of sp³-hybridized carbons (Fsp3) is 0.286. The van der Waals surface area contributed by atoms with E-state index >= 15 is 0 Å². The summed E-state index contributed by atoms with van der Waals surface area (Å²) in [6.07, 6.45) is 0. The van der Waals surface area contributed by atoms with E-state index in [4.69, 9.17) is 5.73 Å². The van der Waals surface area contributed by atoms with Crippen molar-refractivity contribution in [3.05, 3.63) is 17.0 Å². The van der Waals surface area contributed by atoms with E-state index < -0.39 is 0 Å². The molecule has 2 N–H and O–H groups in total. The average molecular weight is 170 g/mol. The van der Waals surface area contributed by atoms with Crippen LogP contribution < -0.4 is 5.73 Å². The van der Waals surface area contributed by atoms with Crippen molar-refractivity contribution < 1.29 is 4.84 Å². The van der Waals surface area contributed by atoms with Gasteiger partial charge < -0.3 is 10.6 Å². The molecular weight excluding hydrogens is 160 g/mol. The van der Waals surface area contributed by atoms with Gasteiger partial charge in [-0.3, -0.25) is 0 Å². The van der Waals surface area contributed by atoms with Gasteiger partial charge in [0.15, 0.2) is 0 Å². The van der Waals surface area contributed by atoms with Crippen molar-refractivity contribution in [2.45, 2.75) is 6.92 Å². The Morgan fingerprint density at radius 1 is 1.73 bits per heavy atom. The number of nitrogens with zero attached hydrogens (tertiary/aromatic N) is 1. The Morgan fingerprint density at radius 2 is 2.45 bits per heavy atom. The first kappa shape index (κ1) is 8.07. The number of thiophene rings is 1. The van der Waals surface area contributed by atoms with Crippen LogP contribution in [0.2, 0.25) is 0 Å². The molecule has 0 spiro atoms. The first-order valence-electron chi connectivity index (χ1n) is 3.16. The van der Waals surface area contributed by atoms with Crippen LogP contribution >= 0.6 is 11.3 Å². The highest BCUT2D eigenvalue weighted by atomic mass is 32.1. The molecule has 0 amide bonds. The summed E-state index contributed by atoms with van der Waals surface area (Å²) in [5.74, 6) is 0. The van der Waals surface area contributed by atoms with E-state index in [0.717, 1.165) is 16.3 Å². The minimum absolute atomic E-state index is 0.797. The van der Waals surface area contributed by atoms with Crippen molar-refractivity contribution in [2.24, 2.45) is 5.16 Å². The first-order chi connectivity index (χ1) is 5.24. The molecule has 0 bridgehead atoms. The maximum absolute atomic E-state index is 5.54. The molecule has 0 atom stereocenters. The van der Waals surface area contributed by atoms with E-state index in [2.05, 4.69) is 9.99 Å². The van der Waals surface area contributed by atoms with Gasteiger partial charge in [0.05, 0.1) is 10.7 Å². The van der Waals surface area contributed by atoms with E-state index in [1.54, 1.807) is 0 Å². The van der Waals surface area contributed by atoms with Crippen molar-refractivity contribution in [2.75, 3.05) is 12.8 Å². The second-order valence-corrected chi connectivity index (χ2v) is 3.04. The topological polar surface area (TPSA) is 47.6 Å². The average Bonchev–Trinajstić information content (AvgIpc) is 2.36. The Hall–Kier alpha value is -1.03. The zero-order chi connectivity index (χ0) is 8.27. The highest BCUT2D eigenvalue weighted by Crippen LogP contribution is 2.16. The molecule has 0 saturated heterocycles. The Morgan fingerprint density at radius 3 is 2.91 bits per heavy atom.